The lowest BCUT2D eigenvalue weighted by Gasteiger charge is -2.00. The molecule has 0 spiro atoms. The number of carbonyl (C=O) groups excluding carboxylic acids is 1. The van der Waals surface area contributed by atoms with Crippen LogP contribution in [0.4, 0.5) is 0 Å². The number of thioether (sulfide) groups is 1. The number of nitrogens with one attached hydrogen (secondary N) is 1. The quantitative estimate of drug-likeness (QED) is 0.564. The van der Waals surface area contributed by atoms with Crippen molar-refractivity contribution in [3.63, 3.8) is 0 Å². The maximum Gasteiger partial charge on any atom is 0.230 e. The smallest absolute Gasteiger partial charge is 0.230 e. The zero-order valence-corrected chi connectivity index (χ0v) is 8.43. The van der Waals surface area contributed by atoms with Crippen molar-refractivity contribution in [3.05, 3.63) is 0 Å². The molecule has 0 aromatic rings. The Kier molecular flexibility index (Phi) is 7.63. The summed E-state index contributed by atoms with van der Waals surface area (Å²) in [6.45, 7) is 0.797. The summed E-state index contributed by atoms with van der Waals surface area (Å²) < 4.78 is 0. The second kappa shape index (κ2) is 7.41. The molecule has 0 aliphatic carbocycles. The van der Waals surface area contributed by atoms with Crippen LogP contribution in [-0.2, 0) is 4.79 Å². The minimum absolute atomic E-state index is 0.0705. The molecule has 2 nitrogen and oxygen atoms in total. The van der Waals surface area contributed by atoms with Gasteiger partial charge in [0.2, 0.25) is 5.91 Å². The molecule has 1 N–H and O–H groups in total. The van der Waals surface area contributed by atoms with Crippen LogP contribution < -0.4 is 5.32 Å². The molecule has 1 amide bonds. The summed E-state index contributed by atoms with van der Waals surface area (Å²) in [5, 5.41) is 3.18. The normalized spacial score (nSPS) is 9.40. The Morgan fingerprint density at radius 3 is 2.90 bits per heavy atom. The van der Waals surface area contributed by atoms with E-state index in [0.717, 1.165) is 18.7 Å². The summed E-state index contributed by atoms with van der Waals surface area (Å²) >= 11 is 4.86. The molecule has 0 saturated heterocycles. The van der Waals surface area contributed by atoms with Crippen molar-refractivity contribution in [1.29, 1.82) is 0 Å². The van der Waals surface area contributed by atoms with Crippen molar-refractivity contribution in [3.8, 4) is 0 Å². The summed E-state index contributed by atoms with van der Waals surface area (Å²) in [6, 6.07) is 0. The van der Waals surface area contributed by atoms with Gasteiger partial charge in [0, 0.05) is 6.54 Å². The fraction of sp³-hybridized carbons (Fsp3) is 0.833. The molecule has 0 aromatic carbocycles. The van der Waals surface area contributed by atoms with E-state index in [0.29, 0.717) is 5.33 Å². The SMILES string of the molecule is CSCCCNC(=O)CBr. The molecule has 4 heteroatoms. The summed E-state index contributed by atoms with van der Waals surface area (Å²) in [4.78, 5) is 10.6. The molecule has 60 valence electrons. The molecule has 0 bridgehead atoms. The van der Waals surface area contributed by atoms with Gasteiger partial charge in [0.1, 0.15) is 0 Å². The molecule has 10 heavy (non-hydrogen) atoms. The Labute approximate surface area is 74.3 Å². The van der Waals surface area contributed by atoms with Gasteiger partial charge in [-0.2, -0.15) is 11.8 Å². The fourth-order valence-electron chi connectivity index (χ4n) is 0.492. The molecule has 0 rings (SSSR count). The molecule has 0 heterocycles. The van der Waals surface area contributed by atoms with Crippen molar-refractivity contribution in [2.75, 3.05) is 23.9 Å². The van der Waals surface area contributed by atoms with E-state index in [4.69, 9.17) is 0 Å². The van der Waals surface area contributed by atoms with Crippen LogP contribution in [0.5, 0.6) is 0 Å². The van der Waals surface area contributed by atoms with E-state index in [-0.39, 0.29) is 5.91 Å². The number of hydrogen-bond donors (Lipinski definition) is 1. The van der Waals surface area contributed by atoms with E-state index in [1.54, 1.807) is 11.8 Å². The van der Waals surface area contributed by atoms with Crippen molar-refractivity contribution in [1.82, 2.24) is 5.32 Å². The van der Waals surface area contributed by atoms with E-state index in [1.807, 2.05) is 0 Å². The highest BCUT2D eigenvalue weighted by Crippen LogP contribution is 1.93. The van der Waals surface area contributed by atoms with Gasteiger partial charge in [-0.25, -0.2) is 0 Å². The first-order valence-corrected chi connectivity index (χ1v) is 5.64. The lowest BCUT2D eigenvalue weighted by molar-refractivity contribution is -0.118. The summed E-state index contributed by atoms with van der Waals surface area (Å²) in [5.74, 6) is 1.18. The monoisotopic (exact) mass is 225 g/mol. The van der Waals surface area contributed by atoms with Gasteiger partial charge in [-0.05, 0) is 18.4 Å². The Morgan fingerprint density at radius 2 is 2.40 bits per heavy atom. The molecule has 0 fully saturated rings. The van der Waals surface area contributed by atoms with Gasteiger partial charge in [-0.3, -0.25) is 4.79 Å². The van der Waals surface area contributed by atoms with Crippen molar-refractivity contribution < 1.29 is 4.79 Å². The highest BCUT2D eigenvalue weighted by atomic mass is 79.9. The summed E-state index contributed by atoms with van der Waals surface area (Å²) in [6.07, 6.45) is 3.12. The van der Waals surface area contributed by atoms with Crippen molar-refractivity contribution >= 4 is 33.6 Å². The highest BCUT2D eigenvalue weighted by Gasteiger charge is 1.94. The average Bonchev–Trinajstić information content (AvgIpc) is 1.98. The van der Waals surface area contributed by atoms with Crippen molar-refractivity contribution in [2.45, 2.75) is 6.42 Å². The first-order valence-electron chi connectivity index (χ1n) is 3.13. The van der Waals surface area contributed by atoms with E-state index < -0.39 is 0 Å². The Bertz CT molecular complexity index is 99.7. The third kappa shape index (κ3) is 6.42. The molecule has 0 aliphatic rings. The van der Waals surface area contributed by atoms with Gasteiger partial charge in [-0.15, -0.1) is 0 Å². The molecule has 0 atom stereocenters. The molecule has 0 aromatic heterocycles. The van der Waals surface area contributed by atoms with E-state index >= 15 is 0 Å². The third-order valence-corrected chi connectivity index (χ3v) is 2.17. The lowest BCUT2D eigenvalue weighted by atomic mass is 10.5. The summed E-state index contributed by atoms with van der Waals surface area (Å²) in [5.41, 5.74) is 0. The number of amides is 1. The van der Waals surface area contributed by atoms with Crippen LogP contribution in [0.25, 0.3) is 0 Å². The van der Waals surface area contributed by atoms with E-state index in [9.17, 15) is 4.79 Å². The number of carbonyl (C=O) groups is 1. The third-order valence-electron chi connectivity index (χ3n) is 0.969. The second-order valence-corrected chi connectivity index (χ2v) is 3.38. The number of alkyl halides is 1. The van der Waals surface area contributed by atoms with Crippen LogP contribution in [0.15, 0.2) is 0 Å². The van der Waals surface area contributed by atoms with Crippen LogP contribution in [0, 0.1) is 0 Å². The van der Waals surface area contributed by atoms with Gasteiger partial charge < -0.3 is 5.32 Å². The number of hydrogen-bond acceptors (Lipinski definition) is 2. The maximum atomic E-state index is 10.6. The molecule has 0 unspecified atom stereocenters. The Morgan fingerprint density at radius 1 is 1.70 bits per heavy atom. The average molecular weight is 226 g/mol. The topological polar surface area (TPSA) is 29.1 Å². The Balaban J connectivity index is 2.96. The standard InChI is InChI=1S/C6H12BrNOS/c1-10-4-2-3-8-6(9)5-7/h2-5H2,1H3,(H,8,9). The molecule has 0 radical (unpaired) electrons. The Hall–Kier alpha value is 0.300. The lowest BCUT2D eigenvalue weighted by Crippen LogP contribution is -2.25. The second-order valence-electron chi connectivity index (χ2n) is 1.83. The zero-order valence-electron chi connectivity index (χ0n) is 6.02. The van der Waals surface area contributed by atoms with Crippen molar-refractivity contribution in [2.24, 2.45) is 0 Å². The predicted molar refractivity (Wildman–Crippen MR) is 49.8 cm³/mol. The molecular formula is C6H12BrNOS. The van der Waals surface area contributed by atoms with Gasteiger partial charge >= 0.3 is 0 Å². The molecule has 0 saturated carbocycles. The minimum Gasteiger partial charge on any atom is -0.355 e. The van der Waals surface area contributed by atoms with E-state index in [2.05, 4.69) is 27.5 Å². The largest absolute Gasteiger partial charge is 0.355 e. The van der Waals surface area contributed by atoms with Crippen LogP contribution in [0.1, 0.15) is 6.42 Å². The molecule has 0 aliphatic heterocycles. The molecular weight excluding hydrogens is 214 g/mol. The maximum absolute atomic E-state index is 10.6. The van der Waals surface area contributed by atoms with Gasteiger partial charge in [-0.1, -0.05) is 15.9 Å². The first kappa shape index (κ1) is 10.3. The predicted octanol–water partition coefficient (Wildman–Crippen LogP) is 1.25. The van der Waals surface area contributed by atoms with Crippen LogP contribution >= 0.6 is 27.7 Å². The highest BCUT2D eigenvalue weighted by molar-refractivity contribution is 9.09. The zero-order chi connectivity index (χ0) is 7.82. The van der Waals surface area contributed by atoms with E-state index in [1.165, 1.54) is 0 Å². The first-order chi connectivity index (χ1) is 4.81. The van der Waals surface area contributed by atoms with Crippen LogP contribution in [0.2, 0.25) is 0 Å². The van der Waals surface area contributed by atoms with Gasteiger partial charge in [0.05, 0.1) is 5.33 Å². The van der Waals surface area contributed by atoms with Gasteiger partial charge in [0.15, 0.2) is 0 Å². The number of halogens is 1. The van der Waals surface area contributed by atoms with Gasteiger partial charge in [0.25, 0.3) is 0 Å². The summed E-state index contributed by atoms with van der Waals surface area (Å²) in [7, 11) is 0. The number of rotatable bonds is 5. The van der Waals surface area contributed by atoms with Crippen LogP contribution in [-0.4, -0.2) is 29.8 Å². The minimum atomic E-state index is 0.0705. The fourth-order valence-corrected chi connectivity index (χ4v) is 1.12. The van der Waals surface area contributed by atoms with Crippen LogP contribution in [0.3, 0.4) is 0 Å².